The predicted octanol–water partition coefficient (Wildman–Crippen LogP) is 3.52. The molecule has 0 radical (unpaired) electrons. The van der Waals surface area contributed by atoms with Crippen LogP contribution in [0.3, 0.4) is 0 Å². The molecule has 0 aromatic heterocycles. The van der Waals surface area contributed by atoms with Crippen LogP contribution in [0.5, 0.6) is 11.5 Å². The molecule has 0 fully saturated rings. The molecule has 2 aromatic rings. The maximum Gasteiger partial charge on any atom is 0.332 e. The number of carbonyl (C=O) groups is 2. The SMILES string of the molecule is Cc1ccc(I)cc1NC(=O)N(C=O)c1ccc2c(c1)OCO2. The summed E-state index contributed by atoms with van der Waals surface area (Å²) < 4.78 is 11.5. The fourth-order valence-electron chi connectivity index (χ4n) is 2.17. The molecule has 6 nitrogen and oxygen atoms in total. The molecule has 0 spiro atoms. The Morgan fingerprint density at radius 2 is 2.00 bits per heavy atom. The van der Waals surface area contributed by atoms with Gasteiger partial charge < -0.3 is 14.8 Å². The minimum atomic E-state index is -0.538. The predicted molar refractivity (Wildman–Crippen MR) is 94.0 cm³/mol. The van der Waals surface area contributed by atoms with Crippen molar-refractivity contribution in [3.05, 3.63) is 45.5 Å². The lowest BCUT2D eigenvalue weighted by molar-refractivity contribution is -0.106. The average molecular weight is 424 g/mol. The van der Waals surface area contributed by atoms with Gasteiger partial charge in [-0.15, -0.1) is 0 Å². The summed E-state index contributed by atoms with van der Waals surface area (Å²) in [4.78, 5) is 24.8. The molecular formula is C16H13IN2O4. The lowest BCUT2D eigenvalue weighted by Crippen LogP contribution is -2.33. The Kier molecular flexibility index (Phi) is 4.37. The van der Waals surface area contributed by atoms with E-state index in [0.717, 1.165) is 14.0 Å². The molecule has 0 atom stereocenters. The number of carbonyl (C=O) groups excluding carboxylic acids is 2. The van der Waals surface area contributed by atoms with Gasteiger partial charge in [0, 0.05) is 15.3 Å². The number of benzene rings is 2. The van der Waals surface area contributed by atoms with E-state index >= 15 is 0 Å². The average Bonchev–Trinajstić information content (AvgIpc) is 2.99. The van der Waals surface area contributed by atoms with Crippen LogP contribution in [0.4, 0.5) is 16.2 Å². The molecule has 23 heavy (non-hydrogen) atoms. The second-order valence-electron chi connectivity index (χ2n) is 4.90. The van der Waals surface area contributed by atoms with Crippen molar-refractivity contribution in [2.75, 3.05) is 17.0 Å². The van der Waals surface area contributed by atoms with Crippen molar-refractivity contribution < 1.29 is 19.1 Å². The van der Waals surface area contributed by atoms with Crippen molar-refractivity contribution in [1.82, 2.24) is 0 Å². The van der Waals surface area contributed by atoms with Crippen LogP contribution >= 0.6 is 22.6 Å². The third-order valence-electron chi connectivity index (χ3n) is 3.40. The number of nitrogens with one attached hydrogen (secondary N) is 1. The quantitative estimate of drug-likeness (QED) is 0.605. The topological polar surface area (TPSA) is 67.9 Å². The Hall–Kier alpha value is -2.29. The fraction of sp³-hybridized carbons (Fsp3) is 0.125. The molecule has 1 aliphatic heterocycles. The Bertz CT molecular complexity index is 779. The van der Waals surface area contributed by atoms with Crippen molar-refractivity contribution in [1.29, 1.82) is 0 Å². The van der Waals surface area contributed by atoms with Crippen molar-refractivity contribution in [3.63, 3.8) is 0 Å². The Balaban J connectivity index is 1.84. The first-order chi connectivity index (χ1) is 11.1. The van der Waals surface area contributed by atoms with E-state index in [2.05, 4.69) is 27.9 Å². The lowest BCUT2D eigenvalue weighted by Gasteiger charge is -2.18. The summed E-state index contributed by atoms with van der Waals surface area (Å²) in [5.41, 5.74) is 1.98. The number of ether oxygens (including phenoxy) is 2. The van der Waals surface area contributed by atoms with Gasteiger partial charge >= 0.3 is 6.03 Å². The molecule has 0 aliphatic carbocycles. The van der Waals surface area contributed by atoms with Crippen molar-refractivity contribution in [2.24, 2.45) is 0 Å². The summed E-state index contributed by atoms with van der Waals surface area (Å²) in [6.45, 7) is 2.02. The first kappa shape index (κ1) is 15.6. The lowest BCUT2D eigenvalue weighted by atomic mass is 10.2. The van der Waals surface area contributed by atoms with E-state index in [4.69, 9.17) is 9.47 Å². The van der Waals surface area contributed by atoms with E-state index in [9.17, 15) is 9.59 Å². The summed E-state index contributed by atoms with van der Waals surface area (Å²) >= 11 is 2.16. The van der Waals surface area contributed by atoms with E-state index in [1.165, 1.54) is 0 Å². The van der Waals surface area contributed by atoms with Crippen molar-refractivity contribution in [2.45, 2.75) is 6.92 Å². The highest BCUT2D eigenvalue weighted by atomic mass is 127. The maximum atomic E-state index is 12.4. The largest absolute Gasteiger partial charge is 0.454 e. The molecule has 0 saturated heterocycles. The molecule has 2 aromatic carbocycles. The Morgan fingerprint density at radius 3 is 2.78 bits per heavy atom. The molecule has 0 saturated carbocycles. The summed E-state index contributed by atoms with van der Waals surface area (Å²) in [5.74, 6) is 1.10. The molecule has 0 bridgehead atoms. The number of anilines is 2. The molecule has 3 rings (SSSR count). The van der Waals surface area contributed by atoms with E-state index in [-0.39, 0.29) is 6.79 Å². The van der Waals surface area contributed by atoms with Crippen molar-refractivity contribution >= 4 is 46.4 Å². The number of halogens is 1. The number of urea groups is 1. The van der Waals surface area contributed by atoms with E-state index in [0.29, 0.717) is 29.3 Å². The fourth-order valence-corrected chi connectivity index (χ4v) is 2.66. The normalized spacial score (nSPS) is 11.9. The minimum absolute atomic E-state index is 0.133. The number of rotatable bonds is 3. The number of amides is 3. The summed E-state index contributed by atoms with van der Waals surface area (Å²) in [7, 11) is 0. The van der Waals surface area contributed by atoms with Gasteiger partial charge in [-0.05, 0) is 59.3 Å². The summed E-state index contributed by atoms with van der Waals surface area (Å²) in [5, 5.41) is 2.75. The minimum Gasteiger partial charge on any atom is -0.454 e. The van der Waals surface area contributed by atoms with Crippen LogP contribution in [-0.2, 0) is 4.79 Å². The van der Waals surface area contributed by atoms with Crippen LogP contribution in [0.25, 0.3) is 0 Å². The highest BCUT2D eigenvalue weighted by Crippen LogP contribution is 2.35. The van der Waals surface area contributed by atoms with Gasteiger partial charge in [0.05, 0.1) is 5.69 Å². The first-order valence-electron chi connectivity index (χ1n) is 6.80. The number of aryl methyl sites for hydroxylation is 1. The third kappa shape index (κ3) is 3.24. The van der Waals surface area contributed by atoms with Crippen LogP contribution < -0.4 is 19.7 Å². The van der Waals surface area contributed by atoms with Gasteiger partial charge in [0.25, 0.3) is 0 Å². The summed E-state index contributed by atoms with van der Waals surface area (Å²) in [6, 6.07) is 10.0. The third-order valence-corrected chi connectivity index (χ3v) is 4.07. The van der Waals surface area contributed by atoms with Gasteiger partial charge in [0.2, 0.25) is 13.2 Å². The second kappa shape index (κ2) is 6.45. The van der Waals surface area contributed by atoms with E-state index in [1.807, 2.05) is 25.1 Å². The van der Waals surface area contributed by atoms with Gasteiger partial charge in [-0.1, -0.05) is 6.07 Å². The molecule has 0 unspecified atom stereocenters. The second-order valence-corrected chi connectivity index (χ2v) is 6.15. The van der Waals surface area contributed by atoms with Gasteiger partial charge in [-0.3, -0.25) is 4.79 Å². The van der Waals surface area contributed by atoms with Crippen LogP contribution in [0.15, 0.2) is 36.4 Å². The van der Waals surface area contributed by atoms with Gasteiger partial charge in [-0.25, -0.2) is 9.69 Å². The highest BCUT2D eigenvalue weighted by molar-refractivity contribution is 14.1. The van der Waals surface area contributed by atoms with Gasteiger partial charge in [0.15, 0.2) is 11.5 Å². The number of hydrogen-bond donors (Lipinski definition) is 1. The van der Waals surface area contributed by atoms with Crippen LogP contribution in [0.2, 0.25) is 0 Å². The number of nitrogens with zero attached hydrogens (tertiary/aromatic N) is 1. The molecule has 1 N–H and O–H groups in total. The maximum absolute atomic E-state index is 12.4. The molecule has 118 valence electrons. The van der Waals surface area contributed by atoms with E-state index in [1.54, 1.807) is 18.2 Å². The molecular weight excluding hydrogens is 411 g/mol. The van der Waals surface area contributed by atoms with Crippen LogP contribution in [0.1, 0.15) is 5.56 Å². The van der Waals surface area contributed by atoms with Gasteiger partial charge in [0.1, 0.15) is 0 Å². The molecule has 1 aliphatic rings. The van der Waals surface area contributed by atoms with Crippen molar-refractivity contribution in [3.8, 4) is 11.5 Å². The zero-order chi connectivity index (χ0) is 16.4. The standard InChI is InChI=1S/C16H13IN2O4/c1-10-2-3-11(17)6-13(10)18-16(21)19(8-20)12-4-5-14-15(7-12)23-9-22-14/h2-8H,9H2,1H3,(H,18,21). The molecule has 7 heteroatoms. The Morgan fingerprint density at radius 1 is 1.22 bits per heavy atom. The van der Waals surface area contributed by atoms with Gasteiger partial charge in [-0.2, -0.15) is 0 Å². The number of hydrogen-bond acceptors (Lipinski definition) is 4. The summed E-state index contributed by atoms with van der Waals surface area (Å²) in [6.07, 6.45) is 0.468. The van der Waals surface area contributed by atoms with E-state index < -0.39 is 6.03 Å². The zero-order valence-electron chi connectivity index (χ0n) is 12.2. The number of fused-ring (bicyclic) bond motifs is 1. The van der Waals surface area contributed by atoms with Crippen LogP contribution in [0, 0.1) is 10.5 Å². The Labute approximate surface area is 146 Å². The van der Waals surface area contributed by atoms with Crippen LogP contribution in [-0.4, -0.2) is 19.2 Å². The molecule has 3 amide bonds. The monoisotopic (exact) mass is 424 g/mol. The first-order valence-corrected chi connectivity index (χ1v) is 7.87. The zero-order valence-corrected chi connectivity index (χ0v) is 14.4. The molecule has 1 heterocycles. The highest BCUT2D eigenvalue weighted by Gasteiger charge is 2.20. The smallest absolute Gasteiger partial charge is 0.332 e. The number of imide groups is 1.